The summed E-state index contributed by atoms with van der Waals surface area (Å²) in [4.78, 5) is 34.7. The molecule has 1 unspecified atom stereocenters. The van der Waals surface area contributed by atoms with Gasteiger partial charge in [0.15, 0.2) is 0 Å². The molecule has 9 nitrogen and oxygen atoms in total. The van der Waals surface area contributed by atoms with Crippen LogP contribution in [0.2, 0.25) is 0 Å². The maximum Gasteiger partial charge on any atom is 0.411 e. The van der Waals surface area contributed by atoms with Crippen molar-refractivity contribution in [3.8, 4) is 0 Å². The third-order valence-electron chi connectivity index (χ3n) is 4.75. The molecule has 3 aromatic rings. The van der Waals surface area contributed by atoms with Crippen molar-refractivity contribution < 1.29 is 18.7 Å². The molecule has 1 aliphatic heterocycles. The predicted molar refractivity (Wildman–Crippen MR) is 114 cm³/mol. The minimum Gasteiger partial charge on any atom is -0.467 e. The molecule has 160 valence electrons. The van der Waals surface area contributed by atoms with Gasteiger partial charge in [-0.05, 0) is 56.3 Å². The second-order valence-corrected chi connectivity index (χ2v) is 7.39. The van der Waals surface area contributed by atoms with Gasteiger partial charge in [0.2, 0.25) is 11.9 Å². The van der Waals surface area contributed by atoms with Gasteiger partial charge in [-0.3, -0.25) is 10.1 Å². The van der Waals surface area contributed by atoms with E-state index < -0.39 is 12.2 Å². The number of benzene rings is 1. The Morgan fingerprint density at radius 3 is 2.55 bits per heavy atom. The van der Waals surface area contributed by atoms with Crippen molar-refractivity contribution >= 4 is 29.3 Å². The average molecular weight is 421 g/mol. The summed E-state index contributed by atoms with van der Waals surface area (Å²) in [6, 6.07) is 12.6. The number of furan rings is 1. The molecule has 4 rings (SSSR count). The number of hydrogen-bond acceptors (Lipinski definition) is 7. The lowest BCUT2D eigenvalue weighted by Crippen LogP contribution is -2.27. The van der Waals surface area contributed by atoms with E-state index in [0.29, 0.717) is 30.5 Å². The zero-order valence-corrected chi connectivity index (χ0v) is 17.3. The Balaban J connectivity index is 1.28. The number of likely N-dealkylation sites (tertiary alicyclic amines) is 1. The Morgan fingerprint density at radius 1 is 1.16 bits per heavy atom. The molecule has 0 bridgehead atoms. The van der Waals surface area contributed by atoms with Crippen molar-refractivity contribution in [1.29, 1.82) is 0 Å². The van der Waals surface area contributed by atoms with Gasteiger partial charge in [0.05, 0.1) is 25.8 Å². The third-order valence-corrected chi connectivity index (χ3v) is 4.75. The number of aryl methyl sites for hydroxylation is 2. The zero-order chi connectivity index (χ0) is 21.8. The average Bonchev–Trinajstić information content (AvgIpc) is 3.33. The van der Waals surface area contributed by atoms with Gasteiger partial charge in [0.25, 0.3) is 0 Å². The van der Waals surface area contributed by atoms with Crippen LogP contribution in [0.1, 0.15) is 23.6 Å². The second-order valence-electron chi connectivity index (χ2n) is 7.39. The molecule has 2 amide bonds. The Hall–Kier alpha value is -3.88. The summed E-state index contributed by atoms with van der Waals surface area (Å²) in [5.41, 5.74) is 3.13. The molecule has 1 aliphatic rings. The van der Waals surface area contributed by atoms with E-state index in [9.17, 15) is 9.59 Å². The second kappa shape index (κ2) is 8.86. The molecule has 2 N–H and O–H groups in total. The molecule has 9 heteroatoms. The molecular formula is C22H23N5O4. The van der Waals surface area contributed by atoms with Crippen LogP contribution in [0.4, 0.5) is 22.1 Å². The number of aromatic nitrogens is 2. The van der Waals surface area contributed by atoms with E-state index in [1.807, 2.05) is 19.9 Å². The van der Waals surface area contributed by atoms with Crippen LogP contribution in [0.5, 0.6) is 0 Å². The van der Waals surface area contributed by atoms with Crippen LogP contribution in [-0.4, -0.2) is 39.5 Å². The number of amides is 2. The fourth-order valence-corrected chi connectivity index (χ4v) is 3.40. The van der Waals surface area contributed by atoms with Crippen LogP contribution >= 0.6 is 0 Å². The van der Waals surface area contributed by atoms with E-state index in [0.717, 1.165) is 17.1 Å². The SMILES string of the molecule is Cc1cc(C)nc(Nc2ccc(NC(=O)OC3CC(=O)N(Cc4ccco4)C3)cc2)n1. The Bertz CT molecular complexity index is 1050. The van der Waals surface area contributed by atoms with E-state index in [-0.39, 0.29) is 12.3 Å². The first-order chi connectivity index (χ1) is 14.9. The van der Waals surface area contributed by atoms with Gasteiger partial charge >= 0.3 is 6.09 Å². The monoisotopic (exact) mass is 421 g/mol. The van der Waals surface area contributed by atoms with E-state index in [2.05, 4.69) is 20.6 Å². The molecule has 0 spiro atoms. The fraction of sp³-hybridized carbons (Fsp3) is 0.273. The van der Waals surface area contributed by atoms with Crippen molar-refractivity contribution in [1.82, 2.24) is 14.9 Å². The van der Waals surface area contributed by atoms with Gasteiger partial charge in [-0.2, -0.15) is 0 Å². The van der Waals surface area contributed by atoms with Crippen molar-refractivity contribution in [2.24, 2.45) is 0 Å². The topological polar surface area (TPSA) is 110 Å². The maximum atomic E-state index is 12.2. The lowest BCUT2D eigenvalue weighted by Gasteiger charge is -2.15. The third kappa shape index (κ3) is 5.39. The minimum absolute atomic E-state index is 0.0711. The Labute approximate surface area is 179 Å². The van der Waals surface area contributed by atoms with Crippen molar-refractivity contribution in [3.05, 3.63) is 65.9 Å². The molecule has 0 aliphatic carbocycles. The largest absolute Gasteiger partial charge is 0.467 e. The van der Waals surface area contributed by atoms with Crippen LogP contribution in [-0.2, 0) is 16.1 Å². The molecular weight excluding hydrogens is 398 g/mol. The summed E-state index contributed by atoms with van der Waals surface area (Å²) in [5, 5.41) is 5.82. The fourth-order valence-electron chi connectivity index (χ4n) is 3.40. The number of carbonyl (C=O) groups is 2. The molecule has 2 aromatic heterocycles. The van der Waals surface area contributed by atoms with Gasteiger partial charge in [0.1, 0.15) is 11.9 Å². The van der Waals surface area contributed by atoms with Crippen molar-refractivity contribution in [3.63, 3.8) is 0 Å². The van der Waals surface area contributed by atoms with E-state index >= 15 is 0 Å². The van der Waals surface area contributed by atoms with Gasteiger partial charge in [0, 0.05) is 22.8 Å². The number of hydrogen-bond donors (Lipinski definition) is 2. The molecule has 1 atom stereocenters. The Morgan fingerprint density at radius 2 is 1.87 bits per heavy atom. The summed E-state index contributed by atoms with van der Waals surface area (Å²) in [7, 11) is 0. The first-order valence-electron chi connectivity index (χ1n) is 9.92. The highest BCUT2D eigenvalue weighted by molar-refractivity contribution is 5.86. The number of nitrogens with zero attached hydrogens (tertiary/aromatic N) is 3. The van der Waals surface area contributed by atoms with E-state index in [1.165, 1.54) is 0 Å². The van der Waals surface area contributed by atoms with Gasteiger partial charge in [-0.15, -0.1) is 0 Å². The Kier molecular flexibility index (Phi) is 5.83. The van der Waals surface area contributed by atoms with Crippen LogP contribution < -0.4 is 10.6 Å². The number of anilines is 3. The lowest BCUT2D eigenvalue weighted by molar-refractivity contribution is -0.128. The molecule has 3 heterocycles. The summed E-state index contributed by atoms with van der Waals surface area (Å²) < 4.78 is 10.7. The van der Waals surface area contributed by atoms with Gasteiger partial charge in [-0.25, -0.2) is 14.8 Å². The van der Waals surface area contributed by atoms with E-state index in [4.69, 9.17) is 9.15 Å². The van der Waals surface area contributed by atoms with Crippen molar-refractivity contribution in [2.45, 2.75) is 32.9 Å². The first-order valence-corrected chi connectivity index (χ1v) is 9.92. The highest BCUT2D eigenvalue weighted by Gasteiger charge is 2.32. The molecule has 1 aromatic carbocycles. The molecule has 0 radical (unpaired) electrons. The summed E-state index contributed by atoms with van der Waals surface area (Å²) >= 11 is 0. The van der Waals surface area contributed by atoms with E-state index in [1.54, 1.807) is 47.6 Å². The molecule has 1 fully saturated rings. The summed E-state index contributed by atoms with van der Waals surface area (Å²) in [6.07, 6.45) is 0.626. The standard InChI is InChI=1S/C22H23N5O4/c1-14-10-15(2)24-21(23-14)25-16-5-7-17(8-6-16)26-22(29)31-19-11-20(28)27(13-19)12-18-4-3-9-30-18/h3-10,19H,11-13H2,1-2H3,(H,26,29)(H,23,24,25). The predicted octanol–water partition coefficient (Wildman–Crippen LogP) is 3.78. The number of carbonyl (C=O) groups excluding carboxylic acids is 2. The first kappa shape index (κ1) is 20.4. The highest BCUT2D eigenvalue weighted by atomic mass is 16.6. The minimum atomic E-state index is -0.601. The number of rotatable bonds is 6. The van der Waals surface area contributed by atoms with Crippen LogP contribution in [0.25, 0.3) is 0 Å². The summed E-state index contributed by atoms with van der Waals surface area (Å²) in [5.74, 6) is 1.14. The molecule has 1 saturated heterocycles. The number of nitrogens with one attached hydrogen (secondary N) is 2. The van der Waals surface area contributed by atoms with Crippen LogP contribution in [0.15, 0.2) is 53.1 Å². The normalized spacial score (nSPS) is 15.7. The smallest absolute Gasteiger partial charge is 0.411 e. The van der Waals surface area contributed by atoms with Crippen molar-refractivity contribution in [2.75, 3.05) is 17.2 Å². The molecule has 31 heavy (non-hydrogen) atoms. The van der Waals surface area contributed by atoms with Crippen LogP contribution in [0, 0.1) is 13.8 Å². The van der Waals surface area contributed by atoms with Gasteiger partial charge < -0.3 is 19.4 Å². The van der Waals surface area contributed by atoms with Gasteiger partial charge in [-0.1, -0.05) is 0 Å². The summed E-state index contributed by atoms with van der Waals surface area (Å²) in [6.45, 7) is 4.52. The zero-order valence-electron chi connectivity index (χ0n) is 17.3. The lowest BCUT2D eigenvalue weighted by atomic mass is 10.3. The molecule has 0 saturated carbocycles. The highest BCUT2D eigenvalue weighted by Crippen LogP contribution is 2.20. The van der Waals surface area contributed by atoms with Crippen LogP contribution in [0.3, 0.4) is 0 Å². The number of ether oxygens (including phenoxy) is 1. The quantitative estimate of drug-likeness (QED) is 0.623. The maximum absolute atomic E-state index is 12.2.